The lowest BCUT2D eigenvalue weighted by Crippen LogP contribution is -2.40. The van der Waals surface area contributed by atoms with E-state index in [9.17, 15) is 26.8 Å². The van der Waals surface area contributed by atoms with E-state index < -0.39 is 58.4 Å². The van der Waals surface area contributed by atoms with Gasteiger partial charge < -0.3 is 25.2 Å². The van der Waals surface area contributed by atoms with Crippen LogP contribution in [-0.2, 0) is 10.0 Å². The molecule has 0 unspecified atom stereocenters. The SMILES string of the molecule is O=C(Nc1cc2ccc(=O)[nH]c2c(N2CCC(F)(F)CC2)c1F)c1ccc(NS(=O)(=O)CCO)cc1N1CCC2(CC1)CC2. The number of carbonyl (C=O) groups is 1. The third kappa shape index (κ3) is 6.23. The van der Waals surface area contributed by atoms with Crippen LogP contribution in [0, 0.1) is 11.2 Å². The topological polar surface area (TPSA) is 135 Å². The number of benzene rings is 2. The van der Waals surface area contributed by atoms with Crippen LogP contribution in [0.25, 0.3) is 10.9 Å². The van der Waals surface area contributed by atoms with Crippen LogP contribution >= 0.6 is 0 Å². The van der Waals surface area contributed by atoms with Gasteiger partial charge in [0.1, 0.15) is 0 Å². The normalized spacial score (nSPS) is 19.3. The summed E-state index contributed by atoms with van der Waals surface area (Å²) in [6.45, 7) is 0.496. The lowest BCUT2D eigenvalue weighted by atomic mass is 9.93. The zero-order valence-electron chi connectivity index (χ0n) is 24.0. The number of halogens is 3. The maximum atomic E-state index is 16.2. The predicted molar refractivity (Wildman–Crippen MR) is 163 cm³/mol. The van der Waals surface area contributed by atoms with E-state index in [0.29, 0.717) is 29.6 Å². The summed E-state index contributed by atoms with van der Waals surface area (Å²) in [7, 11) is -3.82. The molecule has 1 aliphatic carbocycles. The average Bonchev–Trinajstić information content (AvgIpc) is 3.72. The van der Waals surface area contributed by atoms with Crippen LogP contribution in [0.15, 0.2) is 41.2 Å². The standard InChI is InChI=1S/C30H34F3N5O5S/c31-25-22(17-19-1-4-24(40)35-26(19)27(25)38-13-9-30(32,33)10-14-38)34-28(41)21-3-2-20(36-44(42,43)16-15-39)18-23(21)37-11-7-29(5-6-29)8-12-37/h1-4,17-18,36,39H,5-16H2,(H,34,41)(H,35,40). The van der Waals surface area contributed by atoms with E-state index in [1.54, 1.807) is 6.07 Å². The molecule has 44 heavy (non-hydrogen) atoms. The number of sulfonamides is 1. The van der Waals surface area contributed by atoms with E-state index in [0.717, 1.165) is 12.8 Å². The van der Waals surface area contributed by atoms with Crippen molar-refractivity contribution in [1.29, 1.82) is 0 Å². The monoisotopic (exact) mass is 633 g/mol. The van der Waals surface area contributed by atoms with Gasteiger partial charge in [-0.15, -0.1) is 0 Å². The smallest absolute Gasteiger partial charge is 0.257 e. The second-order valence-electron chi connectivity index (χ2n) is 12.0. The van der Waals surface area contributed by atoms with Crippen molar-refractivity contribution in [2.45, 2.75) is 44.4 Å². The zero-order chi connectivity index (χ0) is 31.3. The first-order valence-electron chi connectivity index (χ1n) is 14.7. The first-order valence-corrected chi connectivity index (χ1v) is 16.3. The van der Waals surface area contributed by atoms with Crippen LogP contribution in [0.3, 0.4) is 0 Å². The Labute approximate surface area is 252 Å². The fraction of sp³-hybridized carbons (Fsp3) is 0.467. The number of aromatic amines is 1. The summed E-state index contributed by atoms with van der Waals surface area (Å²) < 4.78 is 71.1. The molecule has 4 N–H and O–H groups in total. The highest BCUT2D eigenvalue weighted by molar-refractivity contribution is 7.92. The minimum absolute atomic E-state index is 0.0642. The molecule has 236 valence electrons. The number of nitrogens with zero attached hydrogens (tertiary/aromatic N) is 2. The number of carbonyl (C=O) groups excluding carboxylic acids is 1. The molecule has 1 saturated carbocycles. The molecule has 0 radical (unpaired) electrons. The summed E-state index contributed by atoms with van der Waals surface area (Å²) in [6.07, 6.45) is 3.25. The quantitative estimate of drug-likeness (QED) is 0.291. The Kier molecular flexibility index (Phi) is 7.77. The molecule has 1 aromatic heterocycles. The van der Waals surface area contributed by atoms with Crippen LogP contribution in [0.5, 0.6) is 0 Å². The molecule has 0 bridgehead atoms. The van der Waals surface area contributed by atoms with Gasteiger partial charge in [-0.25, -0.2) is 21.6 Å². The van der Waals surface area contributed by atoms with Crippen molar-refractivity contribution in [3.8, 4) is 0 Å². The molecule has 14 heteroatoms. The number of rotatable bonds is 8. The van der Waals surface area contributed by atoms with Crippen molar-refractivity contribution >= 4 is 49.6 Å². The maximum Gasteiger partial charge on any atom is 0.257 e. The van der Waals surface area contributed by atoms with Gasteiger partial charge in [0.15, 0.2) is 5.82 Å². The van der Waals surface area contributed by atoms with E-state index >= 15 is 4.39 Å². The Bertz CT molecular complexity index is 1760. The van der Waals surface area contributed by atoms with E-state index in [4.69, 9.17) is 5.11 Å². The molecule has 3 aromatic rings. The molecule has 2 aliphatic heterocycles. The number of aromatic nitrogens is 1. The van der Waals surface area contributed by atoms with E-state index in [2.05, 4.69) is 15.0 Å². The van der Waals surface area contributed by atoms with Crippen LogP contribution in [0.2, 0.25) is 0 Å². The number of piperidine rings is 2. The van der Waals surface area contributed by atoms with Crippen molar-refractivity contribution in [3.63, 3.8) is 0 Å². The van der Waals surface area contributed by atoms with Crippen molar-refractivity contribution in [2.24, 2.45) is 5.41 Å². The Morgan fingerprint density at radius 3 is 2.30 bits per heavy atom. The molecule has 3 fully saturated rings. The van der Waals surface area contributed by atoms with Gasteiger partial charge in [-0.1, -0.05) is 0 Å². The van der Waals surface area contributed by atoms with Gasteiger partial charge in [-0.05, 0) is 61.4 Å². The Balaban J connectivity index is 1.35. The molecule has 1 amide bonds. The molecule has 1 spiro atoms. The van der Waals surface area contributed by atoms with Crippen LogP contribution < -0.4 is 25.4 Å². The Hall–Kier alpha value is -3.78. The number of pyridine rings is 1. The lowest BCUT2D eigenvalue weighted by molar-refractivity contribution is -0.0221. The fourth-order valence-corrected chi connectivity index (χ4v) is 7.02. The minimum atomic E-state index is -3.82. The van der Waals surface area contributed by atoms with Gasteiger partial charge in [0.05, 0.1) is 46.2 Å². The van der Waals surface area contributed by atoms with Crippen molar-refractivity contribution < 1.29 is 31.5 Å². The highest BCUT2D eigenvalue weighted by Crippen LogP contribution is 2.54. The summed E-state index contributed by atoms with van der Waals surface area (Å²) in [5.41, 5.74) is 0.659. The largest absolute Gasteiger partial charge is 0.395 e. The van der Waals surface area contributed by atoms with Crippen LogP contribution in [0.1, 0.15) is 48.9 Å². The summed E-state index contributed by atoms with van der Waals surface area (Å²) in [5, 5.41) is 12.2. The van der Waals surface area contributed by atoms with Gasteiger partial charge in [0.2, 0.25) is 15.6 Å². The number of nitrogens with one attached hydrogen (secondary N) is 3. The van der Waals surface area contributed by atoms with Gasteiger partial charge in [-0.3, -0.25) is 14.3 Å². The average molecular weight is 634 g/mol. The van der Waals surface area contributed by atoms with Gasteiger partial charge in [0.25, 0.3) is 11.8 Å². The number of hydrogen-bond donors (Lipinski definition) is 4. The molecule has 2 saturated heterocycles. The number of aliphatic hydroxyl groups excluding tert-OH is 1. The Morgan fingerprint density at radius 2 is 1.64 bits per heavy atom. The first kappa shape index (κ1) is 30.3. The number of fused-ring (bicyclic) bond motifs is 1. The molecular weight excluding hydrogens is 599 g/mol. The highest BCUT2D eigenvalue weighted by atomic mass is 32.2. The Morgan fingerprint density at radius 1 is 0.955 bits per heavy atom. The molecular formula is C30H34F3N5O5S. The number of hydrogen-bond acceptors (Lipinski definition) is 7. The van der Waals surface area contributed by atoms with Crippen molar-refractivity contribution in [2.75, 3.05) is 58.4 Å². The minimum Gasteiger partial charge on any atom is -0.395 e. The first-order chi connectivity index (χ1) is 20.9. The lowest BCUT2D eigenvalue weighted by Gasteiger charge is -2.35. The maximum absolute atomic E-state index is 16.2. The van der Waals surface area contributed by atoms with Gasteiger partial charge >= 0.3 is 0 Å². The van der Waals surface area contributed by atoms with Crippen LogP contribution in [0.4, 0.5) is 35.9 Å². The number of amides is 1. The molecule has 6 rings (SSSR count). The van der Waals surface area contributed by atoms with Crippen LogP contribution in [-0.4, -0.2) is 68.9 Å². The van der Waals surface area contributed by atoms with Gasteiger partial charge in [-0.2, -0.15) is 0 Å². The second-order valence-corrected chi connectivity index (χ2v) is 13.9. The molecule has 0 atom stereocenters. The molecule has 2 aromatic carbocycles. The number of alkyl halides is 2. The highest BCUT2D eigenvalue weighted by Gasteiger charge is 2.44. The number of H-pyrrole nitrogens is 1. The van der Waals surface area contributed by atoms with Crippen molar-refractivity contribution in [3.05, 3.63) is 58.1 Å². The third-order valence-electron chi connectivity index (χ3n) is 8.99. The number of anilines is 4. The molecule has 3 aliphatic rings. The summed E-state index contributed by atoms with van der Waals surface area (Å²) in [4.78, 5) is 32.0. The predicted octanol–water partition coefficient (Wildman–Crippen LogP) is 4.27. The fourth-order valence-electron chi connectivity index (χ4n) is 6.19. The van der Waals surface area contributed by atoms with Gasteiger partial charge in [0, 0.05) is 50.5 Å². The number of aliphatic hydroxyl groups is 1. The van der Waals surface area contributed by atoms with E-state index in [1.807, 2.05) is 4.90 Å². The van der Waals surface area contributed by atoms with E-state index in [-0.39, 0.29) is 41.2 Å². The zero-order valence-corrected chi connectivity index (χ0v) is 24.8. The summed E-state index contributed by atoms with van der Waals surface area (Å²) >= 11 is 0. The summed E-state index contributed by atoms with van der Waals surface area (Å²) in [5.74, 6) is -4.86. The second kappa shape index (κ2) is 11.3. The third-order valence-corrected chi connectivity index (χ3v) is 10.3. The molecule has 10 nitrogen and oxygen atoms in total. The van der Waals surface area contributed by atoms with E-state index in [1.165, 1.54) is 48.1 Å². The molecule has 3 heterocycles. The van der Waals surface area contributed by atoms with Crippen molar-refractivity contribution in [1.82, 2.24) is 4.98 Å². The summed E-state index contributed by atoms with van der Waals surface area (Å²) in [6, 6.07) is 8.58.